The Morgan fingerprint density at radius 3 is 2.61 bits per heavy atom. The maximum Gasteiger partial charge on any atom is 0.129 e. The van der Waals surface area contributed by atoms with Gasteiger partial charge in [-0.2, -0.15) is 0 Å². The average molecular weight is 253 g/mol. The van der Waals surface area contributed by atoms with E-state index in [2.05, 4.69) is 39.1 Å². The normalized spacial score (nSPS) is 13.8. The highest BCUT2D eigenvalue weighted by atomic mass is 16.5. The first-order chi connectivity index (χ1) is 8.46. The van der Waals surface area contributed by atoms with Gasteiger partial charge in [0.15, 0.2) is 0 Å². The molecule has 0 saturated heterocycles. The summed E-state index contributed by atoms with van der Waals surface area (Å²) in [6, 6.07) is 4.37. The molecule has 3 heteroatoms. The SMILES string of the molecule is CCNC(CCC(C)(C)C)c1ccc(COC)o1. The lowest BCUT2D eigenvalue weighted by atomic mass is 9.88. The van der Waals surface area contributed by atoms with Crippen molar-refractivity contribution in [3.05, 3.63) is 23.7 Å². The van der Waals surface area contributed by atoms with E-state index >= 15 is 0 Å². The third kappa shape index (κ3) is 5.23. The first-order valence-corrected chi connectivity index (χ1v) is 6.77. The predicted octanol–water partition coefficient (Wildman–Crippen LogP) is 3.90. The molecule has 0 spiro atoms. The Kier molecular flexibility index (Phi) is 5.89. The first-order valence-electron chi connectivity index (χ1n) is 6.77. The summed E-state index contributed by atoms with van der Waals surface area (Å²) in [5.41, 5.74) is 0.357. The molecule has 1 atom stereocenters. The minimum atomic E-state index is 0.305. The van der Waals surface area contributed by atoms with E-state index in [-0.39, 0.29) is 0 Å². The van der Waals surface area contributed by atoms with Gasteiger partial charge in [-0.3, -0.25) is 0 Å². The van der Waals surface area contributed by atoms with Gasteiger partial charge in [0.05, 0.1) is 6.04 Å². The summed E-state index contributed by atoms with van der Waals surface area (Å²) in [7, 11) is 1.68. The molecule has 1 aromatic heterocycles. The smallest absolute Gasteiger partial charge is 0.129 e. The third-order valence-electron chi connectivity index (χ3n) is 2.95. The van der Waals surface area contributed by atoms with Crippen molar-refractivity contribution in [3.63, 3.8) is 0 Å². The predicted molar refractivity (Wildman–Crippen MR) is 74.5 cm³/mol. The summed E-state index contributed by atoms with van der Waals surface area (Å²) in [6.45, 7) is 10.4. The number of hydrogen-bond acceptors (Lipinski definition) is 3. The zero-order chi connectivity index (χ0) is 13.6. The summed E-state index contributed by atoms with van der Waals surface area (Å²) in [5, 5.41) is 3.49. The molecule has 0 aliphatic carbocycles. The van der Waals surface area contributed by atoms with Crippen LogP contribution in [0.4, 0.5) is 0 Å². The van der Waals surface area contributed by atoms with Crippen molar-refractivity contribution in [3.8, 4) is 0 Å². The molecule has 1 unspecified atom stereocenters. The maximum absolute atomic E-state index is 5.82. The second-order valence-corrected chi connectivity index (χ2v) is 5.95. The standard InChI is InChI=1S/C15H27NO2/c1-6-16-13(9-10-15(2,3)4)14-8-7-12(18-14)11-17-5/h7-8,13,16H,6,9-11H2,1-5H3. The van der Waals surface area contributed by atoms with Crippen LogP contribution in [0, 0.1) is 5.41 Å². The quantitative estimate of drug-likeness (QED) is 0.800. The van der Waals surface area contributed by atoms with E-state index in [0.717, 1.165) is 24.5 Å². The minimum absolute atomic E-state index is 0.305. The van der Waals surface area contributed by atoms with Crippen LogP contribution in [0.5, 0.6) is 0 Å². The molecule has 0 aromatic carbocycles. The summed E-state index contributed by atoms with van der Waals surface area (Å²) < 4.78 is 10.9. The molecule has 1 N–H and O–H groups in total. The summed E-state index contributed by atoms with van der Waals surface area (Å²) >= 11 is 0. The number of ether oxygens (including phenoxy) is 1. The van der Waals surface area contributed by atoms with Gasteiger partial charge in [-0.25, -0.2) is 0 Å². The summed E-state index contributed by atoms with van der Waals surface area (Å²) in [4.78, 5) is 0. The third-order valence-corrected chi connectivity index (χ3v) is 2.95. The highest BCUT2D eigenvalue weighted by Gasteiger charge is 2.18. The number of hydrogen-bond donors (Lipinski definition) is 1. The Bertz CT molecular complexity index is 339. The highest BCUT2D eigenvalue weighted by molar-refractivity contribution is 5.10. The van der Waals surface area contributed by atoms with Crippen molar-refractivity contribution in [1.29, 1.82) is 0 Å². The van der Waals surface area contributed by atoms with Crippen LogP contribution in [0.1, 0.15) is 58.1 Å². The first kappa shape index (κ1) is 15.3. The molecule has 0 aliphatic heterocycles. The van der Waals surface area contributed by atoms with E-state index in [1.54, 1.807) is 7.11 Å². The van der Waals surface area contributed by atoms with Crippen molar-refractivity contribution in [1.82, 2.24) is 5.32 Å². The summed E-state index contributed by atoms with van der Waals surface area (Å²) in [6.07, 6.45) is 2.27. The van der Waals surface area contributed by atoms with E-state index in [9.17, 15) is 0 Å². The van der Waals surface area contributed by atoms with Crippen molar-refractivity contribution >= 4 is 0 Å². The van der Waals surface area contributed by atoms with Crippen molar-refractivity contribution in [2.75, 3.05) is 13.7 Å². The Morgan fingerprint density at radius 2 is 2.06 bits per heavy atom. The van der Waals surface area contributed by atoms with Gasteiger partial charge < -0.3 is 14.5 Å². The average Bonchev–Trinajstić information content (AvgIpc) is 2.72. The monoisotopic (exact) mass is 253 g/mol. The Hall–Kier alpha value is -0.800. The van der Waals surface area contributed by atoms with Crippen LogP contribution in [0.3, 0.4) is 0 Å². The van der Waals surface area contributed by atoms with E-state index in [1.165, 1.54) is 6.42 Å². The van der Waals surface area contributed by atoms with Gasteiger partial charge in [0.25, 0.3) is 0 Å². The molecule has 1 rings (SSSR count). The van der Waals surface area contributed by atoms with Crippen molar-refractivity contribution < 1.29 is 9.15 Å². The lowest BCUT2D eigenvalue weighted by molar-refractivity contribution is 0.160. The van der Waals surface area contributed by atoms with Crippen LogP contribution < -0.4 is 5.32 Å². The fourth-order valence-corrected chi connectivity index (χ4v) is 1.97. The topological polar surface area (TPSA) is 34.4 Å². The minimum Gasteiger partial charge on any atom is -0.462 e. The van der Waals surface area contributed by atoms with Crippen molar-refractivity contribution in [2.45, 2.75) is 53.2 Å². The van der Waals surface area contributed by atoms with Gasteiger partial charge in [0.2, 0.25) is 0 Å². The van der Waals surface area contributed by atoms with E-state index in [0.29, 0.717) is 18.1 Å². The van der Waals surface area contributed by atoms with Crippen LogP contribution in [0.2, 0.25) is 0 Å². The fourth-order valence-electron chi connectivity index (χ4n) is 1.97. The van der Waals surface area contributed by atoms with E-state index < -0.39 is 0 Å². The molecule has 18 heavy (non-hydrogen) atoms. The number of methoxy groups -OCH3 is 1. The van der Waals surface area contributed by atoms with Gasteiger partial charge in [-0.15, -0.1) is 0 Å². The van der Waals surface area contributed by atoms with Crippen LogP contribution in [0.25, 0.3) is 0 Å². The molecule has 1 heterocycles. The Labute approximate surface area is 111 Å². The lowest BCUT2D eigenvalue weighted by Gasteiger charge is -2.22. The molecule has 0 bridgehead atoms. The number of nitrogens with one attached hydrogen (secondary N) is 1. The zero-order valence-electron chi connectivity index (χ0n) is 12.4. The van der Waals surface area contributed by atoms with Crippen LogP contribution >= 0.6 is 0 Å². The molecule has 0 radical (unpaired) electrons. The number of rotatable bonds is 7. The molecular weight excluding hydrogens is 226 g/mol. The molecular formula is C15H27NO2. The van der Waals surface area contributed by atoms with Crippen LogP contribution in [0.15, 0.2) is 16.5 Å². The molecule has 3 nitrogen and oxygen atoms in total. The molecule has 1 aromatic rings. The van der Waals surface area contributed by atoms with Gasteiger partial charge in [-0.1, -0.05) is 27.7 Å². The van der Waals surface area contributed by atoms with Crippen LogP contribution in [-0.2, 0) is 11.3 Å². The van der Waals surface area contributed by atoms with Gasteiger partial charge in [0.1, 0.15) is 18.1 Å². The molecule has 0 amide bonds. The van der Waals surface area contributed by atoms with Gasteiger partial charge in [-0.05, 0) is 36.9 Å². The second-order valence-electron chi connectivity index (χ2n) is 5.95. The van der Waals surface area contributed by atoms with Gasteiger partial charge in [0, 0.05) is 7.11 Å². The van der Waals surface area contributed by atoms with E-state index in [1.807, 2.05) is 6.07 Å². The maximum atomic E-state index is 5.82. The number of furan rings is 1. The Balaban J connectivity index is 2.64. The molecule has 104 valence electrons. The largest absolute Gasteiger partial charge is 0.462 e. The lowest BCUT2D eigenvalue weighted by Crippen LogP contribution is -2.22. The van der Waals surface area contributed by atoms with E-state index in [4.69, 9.17) is 9.15 Å². The highest BCUT2D eigenvalue weighted by Crippen LogP contribution is 2.28. The second kappa shape index (κ2) is 6.95. The Morgan fingerprint density at radius 1 is 1.33 bits per heavy atom. The van der Waals surface area contributed by atoms with Crippen LogP contribution in [-0.4, -0.2) is 13.7 Å². The van der Waals surface area contributed by atoms with Crippen molar-refractivity contribution in [2.24, 2.45) is 5.41 Å². The fraction of sp³-hybridized carbons (Fsp3) is 0.733. The molecule has 0 fully saturated rings. The summed E-state index contributed by atoms with van der Waals surface area (Å²) in [5.74, 6) is 1.92. The molecule has 0 saturated carbocycles. The van der Waals surface area contributed by atoms with Gasteiger partial charge >= 0.3 is 0 Å². The zero-order valence-corrected chi connectivity index (χ0v) is 12.4. The molecule has 0 aliphatic rings.